The molecule has 0 radical (unpaired) electrons. The molecule has 0 bridgehead atoms. The third kappa shape index (κ3) is 2.10. The molecule has 0 spiro atoms. The summed E-state index contributed by atoms with van der Waals surface area (Å²) < 4.78 is 6.00. The lowest BCUT2D eigenvalue weighted by Crippen LogP contribution is -2.40. The van der Waals surface area contributed by atoms with Gasteiger partial charge in [0.1, 0.15) is 11.5 Å². The molecule has 0 amide bonds. The zero-order chi connectivity index (χ0) is 14.0. The highest BCUT2D eigenvalue weighted by Crippen LogP contribution is 2.47. The molecular formula is C18H21NO. The van der Waals surface area contributed by atoms with Crippen molar-refractivity contribution in [2.24, 2.45) is 5.73 Å². The van der Waals surface area contributed by atoms with Crippen molar-refractivity contribution in [1.82, 2.24) is 0 Å². The topological polar surface area (TPSA) is 35.2 Å². The molecule has 1 aliphatic rings. The Morgan fingerprint density at radius 3 is 2.00 bits per heavy atom. The molecule has 2 N–H and O–H groups in total. The van der Waals surface area contributed by atoms with Crippen molar-refractivity contribution in [3.8, 4) is 11.5 Å². The monoisotopic (exact) mass is 267 g/mol. The fraction of sp³-hybridized carbons (Fsp3) is 0.333. The van der Waals surface area contributed by atoms with E-state index in [1.807, 2.05) is 36.4 Å². The minimum atomic E-state index is -0.430. The third-order valence-electron chi connectivity index (χ3n) is 4.13. The van der Waals surface area contributed by atoms with E-state index in [1.165, 1.54) is 12.8 Å². The number of rotatable bonds is 4. The van der Waals surface area contributed by atoms with Gasteiger partial charge in [-0.15, -0.1) is 0 Å². The van der Waals surface area contributed by atoms with Crippen LogP contribution in [-0.4, -0.2) is 0 Å². The van der Waals surface area contributed by atoms with Gasteiger partial charge < -0.3 is 10.5 Å². The summed E-state index contributed by atoms with van der Waals surface area (Å²) in [6, 6.07) is 16.3. The Balaban J connectivity index is 2.07. The van der Waals surface area contributed by atoms with E-state index >= 15 is 0 Å². The minimum absolute atomic E-state index is 0.430. The first-order valence-electron chi connectivity index (χ1n) is 7.41. The number of hydrogen-bond donors (Lipinski definition) is 1. The third-order valence-corrected chi connectivity index (χ3v) is 4.13. The van der Waals surface area contributed by atoms with Gasteiger partial charge in [0.15, 0.2) is 0 Å². The lowest BCUT2D eigenvalue weighted by atomic mass is 9.77. The van der Waals surface area contributed by atoms with Crippen LogP contribution in [-0.2, 0) is 5.54 Å². The van der Waals surface area contributed by atoms with Crippen LogP contribution in [0.2, 0.25) is 0 Å². The van der Waals surface area contributed by atoms with Gasteiger partial charge in [-0.25, -0.2) is 0 Å². The van der Waals surface area contributed by atoms with Crippen LogP contribution in [0.25, 0.3) is 0 Å². The van der Waals surface area contributed by atoms with Crippen LogP contribution in [0.1, 0.15) is 43.7 Å². The summed E-state index contributed by atoms with van der Waals surface area (Å²) >= 11 is 0. The van der Waals surface area contributed by atoms with Gasteiger partial charge >= 0.3 is 0 Å². The van der Waals surface area contributed by atoms with Gasteiger partial charge in [0.25, 0.3) is 0 Å². The first kappa shape index (κ1) is 13.2. The molecule has 104 valence electrons. The number of ether oxygens (including phenoxy) is 1. The number of nitrogens with two attached hydrogens (primary N) is 1. The van der Waals surface area contributed by atoms with E-state index in [-0.39, 0.29) is 0 Å². The lowest BCUT2D eigenvalue weighted by molar-refractivity contribution is 0.372. The van der Waals surface area contributed by atoms with Gasteiger partial charge in [-0.05, 0) is 18.6 Å². The highest BCUT2D eigenvalue weighted by Gasteiger charge is 2.37. The maximum atomic E-state index is 6.84. The molecule has 1 heterocycles. The van der Waals surface area contributed by atoms with E-state index in [9.17, 15) is 0 Å². The summed E-state index contributed by atoms with van der Waals surface area (Å²) in [6.07, 6.45) is 4.51. The normalized spacial score (nSPS) is 15.1. The predicted octanol–water partition coefficient (Wildman–Crippen LogP) is 4.57. The van der Waals surface area contributed by atoms with Crippen molar-refractivity contribution >= 4 is 0 Å². The first-order valence-corrected chi connectivity index (χ1v) is 7.41. The molecule has 20 heavy (non-hydrogen) atoms. The van der Waals surface area contributed by atoms with Crippen molar-refractivity contribution in [2.45, 2.75) is 38.1 Å². The van der Waals surface area contributed by atoms with Crippen molar-refractivity contribution < 1.29 is 4.74 Å². The zero-order valence-corrected chi connectivity index (χ0v) is 11.9. The molecule has 2 nitrogen and oxygen atoms in total. The van der Waals surface area contributed by atoms with Gasteiger partial charge in [0, 0.05) is 11.1 Å². The largest absolute Gasteiger partial charge is 0.457 e. The summed E-state index contributed by atoms with van der Waals surface area (Å²) in [5.74, 6) is 1.79. The molecule has 2 aromatic carbocycles. The van der Waals surface area contributed by atoms with E-state index < -0.39 is 5.54 Å². The number of benzene rings is 2. The number of fused-ring (bicyclic) bond motifs is 2. The summed E-state index contributed by atoms with van der Waals surface area (Å²) in [6.45, 7) is 2.22. The summed E-state index contributed by atoms with van der Waals surface area (Å²) in [4.78, 5) is 0. The van der Waals surface area contributed by atoms with Crippen LogP contribution in [0.3, 0.4) is 0 Å². The highest BCUT2D eigenvalue weighted by atomic mass is 16.5. The van der Waals surface area contributed by atoms with Gasteiger partial charge in [0.2, 0.25) is 0 Å². The van der Waals surface area contributed by atoms with Crippen LogP contribution in [0.4, 0.5) is 0 Å². The van der Waals surface area contributed by atoms with E-state index in [1.54, 1.807) is 0 Å². The van der Waals surface area contributed by atoms with E-state index in [0.717, 1.165) is 35.5 Å². The minimum Gasteiger partial charge on any atom is -0.457 e. The van der Waals surface area contributed by atoms with Gasteiger partial charge in [-0.2, -0.15) is 0 Å². The fourth-order valence-corrected chi connectivity index (χ4v) is 3.04. The number of hydrogen-bond acceptors (Lipinski definition) is 2. The Morgan fingerprint density at radius 2 is 1.45 bits per heavy atom. The molecule has 0 unspecified atom stereocenters. The van der Waals surface area contributed by atoms with Gasteiger partial charge in [-0.3, -0.25) is 0 Å². The predicted molar refractivity (Wildman–Crippen MR) is 82.1 cm³/mol. The average molecular weight is 267 g/mol. The van der Waals surface area contributed by atoms with Crippen LogP contribution in [0.15, 0.2) is 48.5 Å². The molecule has 0 saturated heterocycles. The highest BCUT2D eigenvalue weighted by molar-refractivity contribution is 5.56. The smallest absolute Gasteiger partial charge is 0.132 e. The second kappa shape index (κ2) is 5.29. The summed E-state index contributed by atoms with van der Waals surface area (Å²) in [5.41, 5.74) is 8.63. The molecule has 2 heteroatoms. The number of para-hydroxylation sites is 2. The molecule has 1 aliphatic heterocycles. The second-order valence-corrected chi connectivity index (χ2v) is 5.52. The van der Waals surface area contributed by atoms with Crippen LogP contribution in [0, 0.1) is 0 Å². The Labute approximate surface area is 120 Å². The first-order chi connectivity index (χ1) is 9.75. The molecule has 2 aromatic rings. The van der Waals surface area contributed by atoms with Crippen molar-refractivity contribution in [3.05, 3.63) is 59.7 Å². The van der Waals surface area contributed by atoms with Crippen LogP contribution >= 0.6 is 0 Å². The molecule has 0 fully saturated rings. The molecule has 3 rings (SSSR count). The molecule has 0 atom stereocenters. The Hall–Kier alpha value is -1.80. The SMILES string of the molecule is CCCCCC1(N)c2ccccc2Oc2ccccc21. The number of unbranched alkanes of at least 4 members (excludes halogenated alkanes) is 2. The van der Waals surface area contributed by atoms with E-state index in [2.05, 4.69) is 19.1 Å². The fourth-order valence-electron chi connectivity index (χ4n) is 3.04. The van der Waals surface area contributed by atoms with Crippen molar-refractivity contribution in [3.63, 3.8) is 0 Å². The van der Waals surface area contributed by atoms with Gasteiger partial charge in [-0.1, -0.05) is 62.6 Å². The second-order valence-electron chi connectivity index (χ2n) is 5.52. The zero-order valence-electron chi connectivity index (χ0n) is 11.9. The average Bonchev–Trinajstić information content (AvgIpc) is 2.48. The van der Waals surface area contributed by atoms with Gasteiger partial charge in [0.05, 0.1) is 5.54 Å². The Kier molecular flexibility index (Phi) is 3.49. The van der Waals surface area contributed by atoms with E-state index in [4.69, 9.17) is 10.5 Å². The molecule has 0 aromatic heterocycles. The van der Waals surface area contributed by atoms with Crippen LogP contribution in [0.5, 0.6) is 11.5 Å². The summed E-state index contributed by atoms with van der Waals surface area (Å²) in [7, 11) is 0. The van der Waals surface area contributed by atoms with Crippen molar-refractivity contribution in [1.29, 1.82) is 0 Å². The lowest BCUT2D eigenvalue weighted by Gasteiger charge is -2.37. The van der Waals surface area contributed by atoms with E-state index in [0.29, 0.717) is 0 Å². The van der Waals surface area contributed by atoms with Crippen LogP contribution < -0.4 is 10.5 Å². The summed E-state index contributed by atoms with van der Waals surface area (Å²) in [5, 5.41) is 0. The Bertz CT molecular complexity index is 560. The quantitative estimate of drug-likeness (QED) is 0.823. The Morgan fingerprint density at radius 1 is 0.900 bits per heavy atom. The maximum Gasteiger partial charge on any atom is 0.132 e. The maximum absolute atomic E-state index is 6.84. The molecule has 0 saturated carbocycles. The standard InChI is InChI=1S/C18H21NO/c1-2-3-8-13-18(19)14-9-4-6-11-16(14)20-17-12-7-5-10-15(17)18/h4-7,9-12H,2-3,8,13,19H2,1H3. The molecular weight excluding hydrogens is 246 g/mol. The van der Waals surface area contributed by atoms with Crippen molar-refractivity contribution in [2.75, 3.05) is 0 Å². The molecule has 0 aliphatic carbocycles.